The number of amidine groups is 1. The lowest BCUT2D eigenvalue weighted by Crippen LogP contribution is -2.69. The van der Waals surface area contributed by atoms with Crippen molar-refractivity contribution >= 4 is 17.6 Å². The molecule has 1 saturated heterocycles. The first kappa shape index (κ1) is 21.6. The van der Waals surface area contributed by atoms with Crippen LogP contribution in [0.15, 0.2) is 40.9 Å². The number of piperazine rings is 1. The van der Waals surface area contributed by atoms with Gasteiger partial charge in [-0.15, -0.1) is 0 Å². The fraction of sp³-hybridized carbons (Fsp3) is 0.450. The lowest BCUT2D eigenvalue weighted by atomic mass is 9.91. The van der Waals surface area contributed by atoms with Crippen LogP contribution >= 0.6 is 0 Å². The highest BCUT2D eigenvalue weighted by atomic mass is 19.1. The molecule has 10 heteroatoms. The van der Waals surface area contributed by atoms with Gasteiger partial charge in [0.15, 0.2) is 11.8 Å². The maximum absolute atomic E-state index is 13.3. The van der Waals surface area contributed by atoms with Crippen molar-refractivity contribution in [2.75, 3.05) is 26.7 Å². The molecule has 2 aliphatic rings. The Balaban J connectivity index is 2.09. The van der Waals surface area contributed by atoms with Crippen LogP contribution in [0, 0.1) is 5.82 Å². The fourth-order valence-corrected chi connectivity index (χ4v) is 3.88. The van der Waals surface area contributed by atoms with Crippen LogP contribution in [0.5, 0.6) is 0 Å². The van der Waals surface area contributed by atoms with Crippen LogP contribution in [0.2, 0.25) is 0 Å². The maximum Gasteiger partial charge on any atom is 0.254 e. The Bertz CT molecular complexity index is 916. The van der Waals surface area contributed by atoms with Crippen LogP contribution in [0.25, 0.3) is 0 Å². The quantitative estimate of drug-likeness (QED) is 0.661. The number of benzene rings is 1. The summed E-state index contributed by atoms with van der Waals surface area (Å²) in [6, 6.07) is 4.31. The van der Waals surface area contributed by atoms with Crippen molar-refractivity contribution < 1.29 is 24.2 Å². The van der Waals surface area contributed by atoms with E-state index in [0.29, 0.717) is 18.7 Å². The highest BCUT2D eigenvalue weighted by Gasteiger charge is 2.48. The average molecular weight is 419 g/mol. The van der Waals surface area contributed by atoms with Gasteiger partial charge < -0.3 is 25.7 Å². The zero-order valence-electron chi connectivity index (χ0n) is 17.2. The Morgan fingerprint density at radius 3 is 2.47 bits per heavy atom. The highest BCUT2D eigenvalue weighted by Crippen LogP contribution is 2.31. The maximum atomic E-state index is 13.3. The van der Waals surface area contributed by atoms with Gasteiger partial charge in [-0.3, -0.25) is 14.5 Å². The molecule has 2 unspecified atom stereocenters. The van der Waals surface area contributed by atoms with E-state index in [4.69, 9.17) is 5.73 Å². The number of hydrogen-bond donors (Lipinski definition) is 3. The number of aliphatic hydroxyl groups is 2. The predicted molar refractivity (Wildman–Crippen MR) is 108 cm³/mol. The number of carbonyl (C=O) groups excluding carboxylic acids is 2. The largest absolute Gasteiger partial charge is 0.505 e. The van der Waals surface area contributed by atoms with Crippen molar-refractivity contribution in [1.82, 2.24) is 14.7 Å². The smallest absolute Gasteiger partial charge is 0.254 e. The molecular formula is C20H26FN5O4. The number of aliphatic hydroxyl groups excluding tert-OH is 2. The Morgan fingerprint density at radius 2 is 1.90 bits per heavy atom. The van der Waals surface area contributed by atoms with Gasteiger partial charge in [-0.25, -0.2) is 4.39 Å². The van der Waals surface area contributed by atoms with Gasteiger partial charge in [-0.2, -0.15) is 4.99 Å². The number of amides is 2. The summed E-state index contributed by atoms with van der Waals surface area (Å²) in [6.07, 6.45) is 0. The molecule has 162 valence electrons. The van der Waals surface area contributed by atoms with Gasteiger partial charge in [0.05, 0.1) is 5.54 Å². The number of halogens is 1. The number of primary amides is 1. The van der Waals surface area contributed by atoms with Gasteiger partial charge in [-0.05, 0) is 31.7 Å². The topological polar surface area (TPSA) is 123 Å². The third kappa shape index (κ3) is 3.82. The normalized spacial score (nSPS) is 25.3. The second-order valence-corrected chi connectivity index (χ2v) is 7.84. The van der Waals surface area contributed by atoms with E-state index >= 15 is 0 Å². The summed E-state index contributed by atoms with van der Waals surface area (Å²) in [7, 11) is 1.85. The molecule has 2 atom stereocenters. The summed E-state index contributed by atoms with van der Waals surface area (Å²) in [6.45, 7) is 4.72. The summed E-state index contributed by atoms with van der Waals surface area (Å²) in [4.78, 5) is 33.6. The summed E-state index contributed by atoms with van der Waals surface area (Å²) in [5.41, 5.74) is 5.32. The molecule has 0 spiro atoms. The van der Waals surface area contributed by atoms with Crippen LogP contribution < -0.4 is 5.73 Å². The molecule has 0 aliphatic carbocycles. The van der Waals surface area contributed by atoms with E-state index in [1.165, 1.54) is 24.0 Å². The van der Waals surface area contributed by atoms with E-state index in [1.807, 2.05) is 18.9 Å². The van der Waals surface area contributed by atoms with Crippen molar-refractivity contribution in [3.63, 3.8) is 0 Å². The van der Waals surface area contributed by atoms with Gasteiger partial charge in [0.25, 0.3) is 5.88 Å². The molecule has 2 heterocycles. The third-order valence-corrected chi connectivity index (χ3v) is 5.79. The van der Waals surface area contributed by atoms with E-state index in [2.05, 4.69) is 4.99 Å². The molecule has 4 N–H and O–H groups in total. The minimum absolute atomic E-state index is 0.0769. The van der Waals surface area contributed by atoms with Crippen LogP contribution in [-0.2, 0) is 16.1 Å². The van der Waals surface area contributed by atoms with Gasteiger partial charge in [0.1, 0.15) is 11.7 Å². The second kappa shape index (κ2) is 7.94. The van der Waals surface area contributed by atoms with Crippen molar-refractivity contribution in [1.29, 1.82) is 0 Å². The first-order chi connectivity index (χ1) is 14.0. The molecule has 0 aromatic heterocycles. The number of nitrogens with zero attached hydrogens (tertiary/aromatic N) is 4. The summed E-state index contributed by atoms with van der Waals surface area (Å²) in [5, 5.41) is 20.6. The standard InChI is InChI=1S/C20H26FN5O4/c1-12(27)25-9-8-24(3)20(2,11-25)19-23-18(30)16(28)15(17(22)29)26(19)10-13-4-6-14(21)7-5-13/h4-7,15,28,30H,8-11H2,1-3H3,(H2,22,29). The Labute approximate surface area is 173 Å². The Hall–Kier alpha value is -3.14. The summed E-state index contributed by atoms with van der Waals surface area (Å²) in [5.74, 6) is -2.46. The first-order valence-electron chi connectivity index (χ1n) is 9.53. The molecule has 1 aromatic rings. The van der Waals surface area contributed by atoms with Crippen LogP contribution in [-0.4, -0.2) is 80.8 Å². The lowest BCUT2D eigenvalue weighted by Gasteiger charge is -2.51. The van der Waals surface area contributed by atoms with E-state index in [1.54, 1.807) is 17.0 Å². The molecule has 0 saturated carbocycles. The molecule has 0 bridgehead atoms. The zero-order chi connectivity index (χ0) is 22.2. The van der Waals surface area contributed by atoms with Crippen molar-refractivity contribution in [2.24, 2.45) is 10.7 Å². The van der Waals surface area contributed by atoms with Gasteiger partial charge >= 0.3 is 0 Å². The van der Waals surface area contributed by atoms with Gasteiger partial charge in [0.2, 0.25) is 11.8 Å². The first-order valence-corrected chi connectivity index (χ1v) is 9.53. The van der Waals surface area contributed by atoms with E-state index < -0.39 is 34.9 Å². The molecule has 9 nitrogen and oxygen atoms in total. The number of hydrogen-bond acceptors (Lipinski definition) is 7. The second-order valence-electron chi connectivity index (χ2n) is 7.84. The minimum Gasteiger partial charge on any atom is -0.505 e. The fourth-order valence-electron chi connectivity index (χ4n) is 3.88. The molecule has 2 amide bonds. The Morgan fingerprint density at radius 1 is 1.27 bits per heavy atom. The lowest BCUT2D eigenvalue weighted by molar-refractivity contribution is -0.132. The average Bonchev–Trinajstić information content (AvgIpc) is 2.68. The number of aliphatic imine (C=N–C) groups is 1. The van der Waals surface area contributed by atoms with Gasteiger partial charge in [-0.1, -0.05) is 12.1 Å². The zero-order valence-corrected chi connectivity index (χ0v) is 17.2. The van der Waals surface area contributed by atoms with Crippen molar-refractivity contribution in [3.05, 3.63) is 47.3 Å². The van der Waals surface area contributed by atoms with Gasteiger partial charge in [0, 0.05) is 33.1 Å². The SMILES string of the molecule is CC(=O)N1CCN(C)C(C)(C2=NC(O)=C(O)C(C(N)=O)N2Cc2ccc(F)cc2)C1. The van der Waals surface area contributed by atoms with E-state index in [-0.39, 0.29) is 24.8 Å². The molecule has 1 aromatic carbocycles. The summed E-state index contributed by atoms with van der Waals surface area (Å²) >= 11 is 0. The number of carbonyl (C=O) groups is 2. The minimum atomic E-state index is -1.36. The van der Waals surface area contributed by atoms with Crippen LogP contribution in [0.3, 0.4) is 0 Å². The monoisotopic (exact) mass is 419 g/mol. The van der Waals surface area contributed by atoms with E-state index in [9.17, 15) is 24.2 Å². The molecule has 30 heavy (non-hydrogen) atoms. The van der Waals surface area contributed by atoms with Crippen LogP contribution in [0.4, 0.5) is 4.39 Å². The van der Waals surface area contributed by atoms with Crippen molar-refractivity contribution in [2.45, 2.75) is 32.0 Å². The number of rotatable bonds is 4. The molecule has 2 aliphatic heterocycles. The molecule has 0 radical (unpaired) electrons. The molecular weight excluding hydrogens is 393 g/mol. The third-order valence-electron chi connectivity index (χ3n) is 5.79. The Kier molecular flexibility index (Phi) is 5.71. The number of nitrogens with two attached hydrogens (primary N) is 1. The van der Waals surface area contributed by atoms with Crippen LogP contribution in [0.1, 0.15) is 19.4 Å². The predicted octanol–water partition coefficient (Wildman–Crippen LogP) is 0.731. The summed E-state index contributed by atoms with van der Waals surface area (Å²) < 4.78 is 13.3. The highest BCUT2D eigenvalue weighted by molar-refractivity contribution is 5.98. The van der Waals surface area contributed by atoms with Crippen molar-refractivity contribution in [3.8, 4) is 0 Å². The van der Waals surface area contributed by atoms with E-state index in [0.717, 1.165) is 0 Å². The number of likely N-dealkylation sites (N-methyl/N-ethyl adjacent to an activating group) is 1. The molecule has 1 fully saturated rings. The molecule has 3 rings (SSSR count).